The average Bonchev–Trinajstić information content (AvgIpc) is 2.31. The molecule has 0 saturated carbocycles. The highest BCUT2D eigenvalue weighted by atomic mass is 32.1. The molecule has 0 fully saturated rings. The van der Waals surface area contributed by atoms with Gasteiger partial charge in [-0.05, 0) is 25.0 Å². The maximum atomic E-state index is 10.4. The first-order valence-corrected chi connectivity index (χ1v) is 4.27. The van der Waals surface area contributed by atoms with Crippen molar-refractivity contribution in [1.29, 1.82) is 0 Å². The second-order valence-corrected chi connectivity index (χ2v) is 3.49. The molecule has 0 atom stereocenters. The Bertz CT molecular complexity index is 276. The number of aryl methyl sites for hydroxylation is 2. The Morgan fingerprint density at radius 3 is 2.64 bits per heavy atom. The zero-order chi connectivity index (χ0) is 8.43. The van der Waals surface area contributed by atoms with E-state index in [2.05, 4.69) is 0 Å². The molecule has 0 saturated heterocycles. The second-order valence-electron chi connectivity index (χ2n) is 2.36. The van der Waals surface area contributed by atoms with Gasteiger partial charge in [0.2, 0.25) is 0 Å². The molecule has 0 unspecified atom stereocenters. The SMILES string of the molecule is CCc1sc(C(=O)[O-])cc1C. The van der Waals surface area contributed by atoms with E-state index in [4.69, 9.17) is 0 Å². The minimum absolute atomic E-state index is 0.333. The van der Waals surface area contributed by atoms with E-state index in [0.29, 0.717) is 4.88 Å². The number of hydrogen-bond donors (Lipinski definition) is 0. The van der Waals surface area contributed by atoms with Crippen LogP contribution in [-0.2, 0) is 6.42 Å². The van der Waals surface area contributed by atoms with Gasteiger partial charge in [0.15, 0.2) is 0 Å². The minimum atomic E-state index is -1.07. The fourth-order valence-corrected chi connectivity index (χ4v) is 1.92. The summed E-state index contributed by atoms with van der Waals surface area (Å²) in [6, 6.07) is 1.67. The summed E-state index contributed by atoms with van der Waals surface area (Å²) in [5.74, 6) is -1.07. The highest BCUT2D eigenvalue weighted by Gasteiger charge is 2.03. The predicted molar refractivity (Wildman–Crippen MR) is 42.8 cm³/mol. The van der Waals surface area contributed by atoms with E-state index in [1.54, 1.807) is 6.07 Å². The quantitative estimate of drug-likeness (QED) is 0.662. The smallest absolute Gasteiger partial charge is 0.0815 e. The Kier molecular flexibility index (Phi) is 2.29. The van der Waals surface area contributed by atoms with Crippen molar-refractivity contribution in [2.45, 2.75) is 20.3 Å². The third kappa shape index (κ3) is 1.60. The number of carboxylic acids is 1. The molecule has 3 heteroatoms. The number of aromatic carboxylic acids is 1. The highest BCUT2D eigenvalue weighted by Crippen LogP contribution is 2.21. The van der Waals surface area contributed by atoms with E-state index in [0.717, 1.165) is 16.9 Å². The van der Waals surface area contributed by atoms with Gasteiger partial charge < -0.3 is 9.90 Å². The lowest BCUT2D eigenvalue weighted by atomic mass is 10.2. The minimum Gasteiger partial charge on any atom is -0.544 e. The van der Waals surface area contributed by atoms with Gasteiger partial charge in [-0.3, -0.25) is 0 Å². The van der Waals surface area contributed by atoms with Crippen molar-refractivity contribution in [3.8, 4) is 0 Å². The summed E-state index contributed by atoms with van der Waals surface area (Å²) in [5, 5.41) is 10.4. The molecule has 0 aliphatic heterocycles. The molecule has 0 aromatic carbocycles. The highest BCUT2D eigenvalue weighted by molar-refractivity contribution is 7.14. The molecular formula is C8H9O2S-. The molecule has 60 valence electrons. The van der Waals surface area contributed by atoms with E-state index >= 15 is 0 Å². The third-order valence-corrected chi connectivity index (χ3v) is 2.90. The molecule has 0 bridgehead atoms. The molecule has 1 aromatic heterocycles. The van der Waals surface area contributed by atoms with Crippen molar-refractivity contribution in [3.63, 3.8) is 0 Å². The van der Waals surface area contributed by atoms with Crippen LogP contribution in [0.5, 0.6) is 0 Å². The van der Waals surface area contributed by atoms with E-state index < -0.39 is 5.97 Å². The first kappa shape index (κ1) is 8.27. The largest absolute Gasteiger partial charge is 0.544 e. The van der Waals surface area contributed by atoms with Crippen molar-refractivity contribution in [2.24, 2.45) is 0 Å². The van der Waals surface area contributed by atoms with Crippen molar-refractivity contribution in [1.82, 2.24) is 0 Å². The average molecular weight is 169 g/mol. The number of hydrogen-bond acceptors (Lipinski definition) is 3. The Balaban J connectivity index is 3.05. The van der Waals surface area contributed by atoms with E-state index in [1.165, 1.54) is 11.3 Å². The number of carboxylic acid groups (broad SMARTS) is 1. The molecular weight excluding hydrogens is 160 g/mol. The normalized spacial score (nSPS) is 10.0. The summed E-state index contributed by atoms with van der Waals surface area (Å²) in [6.07, 6.45) is 0.893. The summed E-state index contributed by atoms with van der Waals surface area (Å²) in [5.41, 5.74) is 1.05. The topological polar surface area (TPSA) is 40.1 Å². The van der Waals surface area contributed by atoms with Gasteiger partial charge in [0.25, 0.3) is 0 Å². The Morgan fingerprint density at radius 2 is 2.36 bits per heavy atom. The standard InChI is InChI=1S/C8H10O2S/c1-3-6-5(2)4-7(11-6)8(9)10/h4H,3H2,1-2H3,(H,9,10)/p-1. The molecule has 1 rings (SSSR count). The van der Waals surface area contributed by atoms with Gasteiger partial charge in [0, 0.05) is 4.88 Å². The van der Waals surface area contributed by atoms with Crippen LogP contribution in [0.15, 0.2) is 6.07 Å². The molecule has 0 spiro atoms. The molecule has 1 heterocycles. The van der Waals surface area contributed by atoms with Gasteiger partial charge in [-0.1, -0.05) is 6.92 Å². The van der Waals surface area contributed by atoms with E-state index in [-0.39, 0.29) is 0 Å². The van der Waals surface area contributed by atoms with Crippen molar-refractivity contribution < 1.29 is 9.90 Å². The van der Waals surface area contributed by atoms with Crippen LogP contribution in [0.4, 0.5) is 0 Å². The summed E-state index contributed by atoms with van der Waals surface area (Å²) in [6.45, 7) is 3.93. The lowest BCUT2D eigenvalue weighted by Gasteiger charge is -1.93. The maximum absolute atomic E-state index is 10.4. The fraction of sp³-hybridized carbons (Fsp3) is 0.375. The van der Waals surface area contributed by atoms with E-state index in [1.807, 2.05) is 13.8 Å². The van der Waals surface area contributed by atoms with E-state index in [9.17, 15) is 9.90 Å². The van der Waals surface area contributed by atoms with Crippen molar-refractivity contribution >= 4 is 17.3 Å². The lowest BCUT2D eigenvalue weighted by molar-refractivity contribution is -0.254. The summed E-state index contributed by atoms with van der Waals surface area (Å²) in [4.78, 5) is 11.8. The van der Waals surface area contributed by atoms with Gasteiger partial charge in [0.05, 0.1) is 10.8 Å². The van der Waals surface area contributed by atoms with Gasteiger partial charge in [0.1, 0.15) is 0 Å². The number of carbonyl (C=O) groups excluding carboxylic acids is 1. The molecule has 0 aliphatic carbocycles. The fourth-order valence-electron chi connectivity index (χ4n) is 0.971. The van der Waals surface area contributed by atoms with Crippen LogP contribution in [0.25, 0.3) is 0 Å². The molecule has 0 aliphatic rings. The monoisotopic (exact) mass is 169 g/mol. The molecule has 1 aromatic rings. The maximum Gasteiger partial charge on any atom is 0.0815 e. The van der Waals surface area contributed by atoms with Crippen molar-refractivity contribution in [3.05, 3.63) is 21.4 Å². The number of thiophene rings is 1. The Labute approximate surface area is 69.5 Å². The van der Waals surface area contributed by atoms with Crippen LogP contribution in [-0.4, -0.2) is 5.97 Å². The lowest BCUT2D eigenvalue weighted by Crippen LogP contribution is -2.20. The van der Waals surface area contributed by atoms with Crippen LogP contribution in [0.1, 0.15) is 27.0 Å². The number of rotatable bonds is 2. The molecule has 2 nitrogen and oxygen atoms in total. The summed E-state index contributed by atoms with van der Waals surface area (Å²) < 4.78 is 0. The number of carbonyl (C=O) groups is 1. The first-order chi connectivity index (χ1) is 5.15. The van der Waals surface area contributed by atoms with Crippen LogP contribution < -0.4 is 5.11 Å². The molecule has 0 N–H and O–H groups in total. The molecule has 11 heavy (non-hydrogen) atoms. The van der Waals surface area contributed by atoms with Crippen LogP contribution >= 0.6 is 11.3 Å². The summed E-state index contributed by atoms with van der Waals surface area (Å²) in [7, 11) is 0. The zero-order valence-electron chi connectivity index (χ0n) is 6.51. The van der Waals surface area contributed by atoms with Gasteiger partial charge in [-0.25, -0.2) is 0 Å². The summed E-state index contributed by atoms with van der Waals surface area (Å²) >= 11 is 1.31. The van der Waals surface area contributed by atoms with Crippen LogP contribution in [0, 0.1) is 6.92 Å². The van der Waals surface area contributed by atoms with Gasteiger partial charge in [-0.15, -0.1) is 11.3 Å². The Morgan fingerprint density at radius 1 is 1.73 bits per heavy atom. The van der Waals surface area contributed by atoms with Gasteiger partial charge >= 0.3 is 0 Å². The molecule has 0 radical (unpaired) electrons. The van der Waals surface area contributed by atoms with Gasteiger partial charge in [-0.2, -0.15) is 0 Å². The Hall–Kier alpha value is -0.830. The van der Waals surface area contributed by atoms with Crippen LogP contribution in [0.3, 0.4) is 0 Å². The predicted octanol–water partition coefficient (Wildman–Crippen LogP) is 0.982. The molecule has 0 amide bonds. The second kappa shape index (κ2) is 3.05. The third-order valence-electron chi connectivity index (χ3n) is 1.54. The zero-order valence-corrected chi connectivity index (χ0v) is 7.33. The van der Waals surface area contributed by atoms with Crippen LogP contribution in [0.2, 0.25) is 0 Å². The van der Waals surface area contributed by atoms with Crippen molar-refractivity contribution in [2.75, 3.05) is 0 Å². The first-order valence-electron chi connectivity index (χ1n) is 3.45.